The number of aromatic nitrogens is 2. The number of likely N-dealkylation sites (tertiary alicyclic amines) is 1. The summed E-state index contributed by atoms with van der Waals surface area (Å²) >= 11 is 0. The summed E-state index contributed by atoms with van der Waals surface area (Å²) in [5.74, 6) is 0. The molecule has 1 atom stereocenters. The van der Waals surface area contributed by atoms with Gasteiger partial charge in [-0.15, -0.1) is 0 Å². The van der Waals surface area contributed by atoms with Crippen LogP contribution in [0.5, 0.6) is 0 Å². The van der Waals surface area contributed by atoms with E-state index in [1.807, 2.05) is 12.5 Å². The average Bonchev–Trinajstić information content (AvgIpc) is 2.54. The first-order valence-corrected chi connectivity index (χ1v) is 5.25. The van der Waals surface area contributed by atoms with Crippen LogP contribution in [-0.4, -0.2) is 34.6 Å². The molecule has 1 aromatic rings. The molecule has 3 nitrogen and oxygen atoms in total. The highest BCUT2D eigenvalue weighted by Gasteiger charge is 2.35. The van der Waals surface area contributed by atoms with Crippen molar-refractivity contribution in [1.29, 1.82) is 0 Å². The molecule has 78 valence electrons. The molecule has 0 N–H and O–H groups in total. The maximum atomic E-state index is 4.13. The van der Waals surface area contributed by atoms with Crippen LogP contribution in [0.1, 0.15) is 26.3 Å². The third-order valence-corrected chi connectivity index (χ3v) is 3.25. The number of nitrogens with zero attached hydrogens (tertiary/aromatic N) is 3. The summed E-state index contributed by atoms with van der Waals surface area (Å²) in [6, 6.07) is 0.598. The van der Waals surface area contributed by atoms with Crippen molar-refractivity contribution in [2.24, 2.45) is 5.41 Å². The van der Waals surface area contributed by atoms with Crippen LogP contribution in [0.25, 0.3) is 0 Å². The van der Waals surface area contributed by atoms with Gasteiger partial charge in [-0.3, -0.25) is 0 Å². The van der Waals surface area contributed by atoms with Gasteiger partial charge in [-0.05, 0) is 25.4 Å². The zero-order chi connectivity index (χ0) is 10.2. The van der Waals surface area contributed by atoms with Crippen molar-refractivity contribution in [3.05, 3.63) is 18.7 Å². The van der Waals surface area contributed by atoms with Crippen LogP contribution in [0.3, 0.4) is 0 Å². The molecule has 1 aliphatic heterocycles. The number of rotatable bonds is 1. The highest BCUT2D eigenvalue weighted by molar-refractivity contribution is 4.93. The summed E-state index contributed by atoms with van der Waals surface area (Å²) in [6.45, 7) is 7.03. The molecule has 0 spiro atoms. The molecule has 0 saturated carbocycles. The lowest BCUT2D eigenvalue weighted by atomic mass is 9.79. The molecule has 3 heteroatoms. The van der Waals surface area contributed by atoms with Crippen molar-refractivity contribution in [3.63, 3.8) is 0 Å². The van der Waals surface area contributed by atoms with Gasteiger partial charge < -0.3 is 9.47 Å². The fraction of sp³-hybridized carbons (Fsp3) is 0.727. The lowest BCUT2D eigenvalue weighted by Gasteiger charge is -2.43. The Morgan fingerprint density at radius 3 is 2.79 bits per heavy atom. The minimum Gasteiger partial charge on any atom is -0.334 e. The molecular weight excluding hydrogens is 174 g/mol. The van der Waals surface area contributed by atoms with Crippen LogP contribution in [0.4, 0.5) is 0 Å². The van der Waals surface area contributed by atoms with Gasteiger partial charge in [0, 0.05) is 25.0 Å². The number of hydrogen-bond donors (Lipinski definition) is 0. The Hall–Kier alpha value is -0.830. The summed E-state index contributed by atoms with van der Waals surface area (Å²) in [5.41, 5.74) is 0.341. The standard InChI is InChI=1S/C11H19N3/c1-11(2)8-13(3)6-4-10(11)14-7-5-12-9-14/h5,7,9-10H,4,6,8H2,1-3H3. The Kier molecular flexibility index (Phi) is 2.35. The lowest BCUT2D eigenvalue weighted by molar-refractivity contribution is 0.0783. The van der Waals surface area contributed by atoms with Crippen molar-refractivity contribution >= 4 is 0 Å². The van der Waals surface area contributed by atoms with E-state index >= 15 is 0 Å². The Morgan fingerprint density at radius 1 is 1.43 bits per heavy atom. The third kappa shape index (κ3) is 1.69. The first-order chi connectivity index (χ1) is 6.59. The quantitative estimate of drug-likeness (QED) is 0.678. The Labute approximate surface area is 85.7 Å². The molecular formula is C11H19N3. The predicted molar refractivity (Wildman–Crippen MR) is 57.2 cm³/mol. The normalized spacial score (nSPS) is 27.8. The molecule has 1 fully saturated rings. The summed E-state index contributed by atoms with van der Waals surface area (Å²) in [7, 11) is 2.20. The maximum absolute atomic E-state index is 4.13. The summed E-state index contributed by atoms with van der Waals surface area (Å²) in [4.78, 5) is 6.54. The molecule has 0 amide bonds. The molecule has 0 bridgehead atoms. The van der Waals surface area contributed by atoms with E-state index in [0.29, 0.717) is 11.5 Å². The van der Waals surface area contributed by atoms with E-state index in [4.69, 9.17) is 0 Å². The highest BCUT2D eigenvalue weighted by atomic mass is 15.2. The van der Waals surface area contributed by atoms with Gasteiger partial charge >= 0.3 is 0 Å². The fourth-order valence-electron chi connectivity index (χ4n) is 2.62. The molecule has 1 aliphatic rings. The van der Waals surface area contributed by atoms with Crippen LogP contribution in [0.2, 0.25) is 0 Å². The van der Waals surface area contributed by atoms with Gasteiger partial charge in [0.15, 0.2) is 0 Å². The van der Waals surface area contributed by atoms with E-state index < -0.39 is 0 Å². The molecule has 1 aromatic heterocycles. The van der Waals surface area contributed by atoms with Crippen molar-refractivity contribution < 1.29 is 0 Å². The minimum absolute atomic E-state index is 0.341. The van der Waals surface area contributed by atoms with Crippen LogP contribution >= 0.6 is 0 Å². The summed E-state index contributed by atoms with van der Waals surface area (Å²) in [6.07, 6.45) is 7.11. The van der Waals surface area contributed by atoms with Crippen molar-refractivity contribution in [1.82, 2.24) is 14.5 Å². The summed E-state index contributed by atoms with van der Waals surface area (Å²) in [5, 5.41) is 0. The summed E-state index contributed by atoms with van der Waals surface area (Å²) < 4.78 is 2.26. The fourth-order valence-corrected chi connectivity index (χ4v) is 2.62. The second-order valence-electron chi connectivity index (χ2n) is 5.04. The lowest BCUT2D eigenvalue weighted by Crippen LogP contribution is -2.44. The van der Waals surface area contributed by atoms with E-state index in [-0.39, 0.29) is 0 Å². The molecule has 14 heavy (non-hydrogen) atoms. The SMILES string of the molecule is CN1CCC(n2ccnc2)C(C)(C)C1. The van der Waals surface area contributed by atoms with Gasteiger partial charge in [-0.2, -0.15) is 0 Å². The average molecular weight is 193 g/mol. The van der Waals surface area contributed by atoms with Gasteiger partial charge in [0.1, 0.15) is 0 Å². The second-order valence-corrected chi connectivity index (χ2v) is 5.04. The van der Waals surface area contributed by atoms with Crippen molar-refractivity contribution in [2.75, 3.05) is 20.1 Å². The molecule has 0 aromatic carbocycles. The zero-order valence-electron chi connectivity index (χ0n) is 9.27. The van der Waals surface area contributed by atoms with E-state index in [1.54, 1.807) is 0 Å². The van der Waals surface area contributed by atoms with Crippen molar-refractivity contribution in [3.8, 4) is 0 Å². The van der Waals surface area contributed by atoms with Gasteiger partial charge in [0.05, 0.1) is 6.33 Å². The monoisotopic (exact) mass is 193 g/mol. The second kappa shape index (κ2) is 3.39. The number of hydrogen-bond acceptors (Lipinski definition) is 2. The Morgan fingerprint density at radius 2 is 2.21 bits per heavy atom. The molecule has 2 rings (SSSR count). The molecule has 2 heterocycles. The van der Waals surface area contributed by atoms with Crippen LogP contribution in [0.15, 0.2) is 18.7 Å². The van der Waals surface area contributed by atoms with E-state index in [2.05, 4.69) is 41.5 Å². The zero-order valence-corrected chi connectivity index (χ0v) is 9.27. The van der Waals surface area contributed by atoms with Crippen LogP contribution < -0.4 is 0 Å². The first-order valence-electron chi connectivity index (χ1n) is 5.25. The molecule has 1 saturated heterocycles. The van der Waals surface area contributed by atoms with E-state index in [1.165, 1.54) is 13.0 Å². The maximum Gasteiger partial charge on any atom is 0.0948 e. The van der Waals surface area contributed by atoms with Gasteiger partial charge in [0.25, 0.3) is 0 Å². The predicted octanol–water partition coefficient (Wildman–Crippen LogP) is 1.79. The number of piperidine rings is 1. The molecule has 1 unspecified atom stereocenters. The highest BCUT2D eigenvalue weighted by Crippen LogP contribution is 2.37. The molecule has 0 radical (unpaired) electrons. The van der Waals surface area contributed by atoms with E-state index in [0.717, 1.165) is 6.54 Å². The first kappa shape index (κ1) is 9.71. The minimum atomic E-state index is 0.341. The van der Waals surface area contributed by atoms with Gasteiger partial charge in [-0.25, -0.2) is 4.98 Å². The number of imidazole rings is 1. The smallest absolute Gasteiger partial charge is 0.0948 e. The van der Waals surface area contributed by atoms with Crippen LogP contribution in [0, 0.1) is 5.41 Å². The van der Waals surface area contributed by atoms with Crippen LogP contribution in [-0.2, 0) is 0 Å². The van der Waals surface area contributed by atoms with Gasteiger partial charge in [0.2, 0.25) is 0 Å². The topological polar surface area (TPSA) is 21.1 Å². The third-order valence-electron chi connectivity index (χ3n) is 3.25. The molecule has 0 aliphatic carbocycles. The Balaban J connectivity index is 2.20. The van der Waals surface area contributed by atoms with Gasteiger partial charge in [-0.1, -0.05) is 13.8 Å². The van der Waals surface area contributed by atoms with Crippen molar-refractivity contribution in [2.45, 2.75) is 26.3 Å². The van der Waals surface area contributed by atoms with E-state index in [9.17, 15) is 0 Å². The Bertz CT molecular complexity index is 289. The largest absolute Gasteiger partial charge is 0.334 e.